The Morgan fingerprint density at radius 2 is 1.96 bits per heavy atom. The Labute approximate surface area is 155 Å². The number of benzene rings is 2. The lowest BCUT2D eigenvalue weighted by atomic mass is 10.2. The van der Waals surface area contributed by atoms with Crippen molar-refractivity contribution < 1.29 is 9.53 Å². The maximum absolute atomic E-state index is 12.5. The first-order chi connectivity index (χ1) is 11.6. The van der Waals surface area contributed by atoms with Crippen molar-refractivity contribution in [2.24, 2.45) is 0 Å². The van der Waals surface area contributed by atoms with Gasteiger partial charge in [0, 0.05) is 11.0 Å². The molecule has 2 aromatic rings. The summed E-state index contributed by atoms with van der Waals surface area (Å²) in [6.07, 6.45) is 0.869. The van der Waals surface area contributed by atoms with E-state index in [4.69, 9.17) is 17.0 Å². The van der Waals surface area contributed by atoms with E-state index in [2.05, 4.69) is 26.6 Å². The highest BCUT2D eigenvalue weighted by Gasteiger charge is 2.14. The fourth-order valence-corrected chi connectivity index (χ4v) is 2.54. The molecule has 6 heteroatoms. The molecule has 0 fully saturated rings. The van der Waals surface area contributed by atoms with Crippen molar-refractivity contribution in [3.63, 3.8) is 0 Å². The summed E-state index contributed by atoms with van der Waals surface area (Å²) in [6.45, 7) is 3.12. The molecule has 24 heavy (non-hydrogen) atoms. The van der Waals surface area contributed by atoms with Crippen LogP contribution in [0.2, 0.25) is 0 Å². The van der Waals surface area contributed by atoms with Crippen LogP contribution in [-0.2, 0) is 6.54 Å². The van der Waals surface area contributed by atoms with Crippen LogP contribution in [0, 0.1) is 0 Å². The number of nitrogens with one attached hydrogen (secondary N) is 2. The Bertz CT molecular complexity index is 707. The van der Waals surface area contributed by atoms with E-state index < -0.39 is 0 Å². The van der Waals surface area contributed by atoms with Crippen LogP contribution in [0.3, 0.4) is 0 Å². The molecule has 0 heterocycles. The molecule has 1 amide bonds. The zero-order chi connectivity index (χ0) is 17.4. The molecule has 0 radical (unpaired) electrons. The molecular formula is C18H19BrN2O2S. The second-order valence-electron chi connectivity index (χ2n) is 5.11. The normalized spacial score (nSPS) is 10.1. The summed E-state index contributed by atoms with van der Waals surface area (Å²) in [4.78, 5) is 12.5. The summed E-state index contributed by atoms with van der Waals surface area (Å²) in [6, 6.07) is 15.2. The SMILES string of the molecule is CCCOc1ccc(Br)cc1C(=O)NC(=S)NCc1ccccc1. The molecule has 126 valence electrons. The minimum Gasteiger partial charge on any atom is -0.493 e. The van der Waals surface area contributed by atoms with Gasteiger partial charge in [0.05, 0.1) is 12.2 Å². The molecule has 2 N–H and O–H groups in total. The monoisotopic (exact) mass is 406 g/mol. The van der Waals surface area contributed by atoms with Crippen molar-refractivity contribution in [3.05, 3.63) is 64.1 Å². The first-order valence-electron chi connectivity index (χ1n) is 7.65. The van der Waals surface area contributed by atoms with Gasteiger partial charge in [-0.3, -0.25) is 10.1 Å². The van der Waals surface area contributed by atoms with Crippen molar-refractivity contribution in [1.82, 2.24) is 10.6 Å². The summed E-state index contributed by atoms with van der Waals surface area (Å²) in [5, 5.41) is 6.00. The highest BCUT2D eigenvalue weighted by molar-refractivity contribution is 9.10. The molecule has 0 saturated heterocycles. The highest BCUT2D eigenvalue weighted by Crippen LogP contribution is 2.23. The Hall–Kier alpha value is -1.92. The predicted octanol–water partition coefficient (Wildman–Crippen LogP) is 4.04. The van der Waals surface area contributed by atoms with Gasteiger partial charge in [0.1, 0.15) is 5.75 Å². The largest absolute Gasteiger partial charge is 0.493 e. The Morgan fingerprint density at radius 3 is 2.67 bits per heavy atom. The summed E-state index contributed by atoms with van der Waals surface area (Å²) in [5.74, 6) is 0.247. The first-order valence-corrected chi connectivity index (χ1v) is 8.85. The Morgan fingerprint density at radius 1 is 1.21 bits per heavy atom. The molecule has 0 saturated carbocycles. The van der Waals surface area contributed by atoms with E-state index >= 15 is 0 Å². The third-order valence-corrected chi connectivity index (χ3v) is 3.91. The fraction of sp³-hybridized carbons (Fsp3) is 0.222. The number of thiocarbonyl (C=S) groups is 1. The van der Waals surface area contributed by atoms with Crippen LogP contribution in [-0.4, -0.2) is 17.6 Å². The average Bonchev–Trinajstić information content (AvgIpc) is 2.59. The summed E-state index contributed by atoms with van der Waals surface area (Å²) in [7, 11) is 0. The van der Waals surface area contributed by atoms with E-state index in [9.17, 15) is 4.79 Å². The van der Waals surface area contributed by atoms with Crippen LogP contribution >= 0.6 is 28.1 Å². The topological polar surface area (TPSA) is 50.4 Å². The third-order valence-electron chi connectivity index (χ3n) is 3.17. The molecule has 2 rings (SSSR count). The predicted molar refractivity (Wildman–Crippen MR) is 103 cm³/mol. The number of rotatable bonds is 6. The van der Waals surface area contributed by atoms with Crippen LogP contribution in [0.25, 0.3) is 0 Å². The van der Waals surface area contributed by atoms with Gasteiger partial charge in [-0.05, 0) is 42.4 Å². The van der Waals surface area contributed by atoms with Gasteiger partial charge in [0.15, 0.2) is 5.11 Å². The second-order valence-corrected chi connectivity index (χ2v) is 6.44. The van der Waals surface area contributed by atoms with Gasteiger partial charge in [-0.1, -0.05) is 53.2 Å². The molecule has 0 bridgehead atoms. The maximum Gasteiger partial charge on any atom is 0.261 e. The van der Waals surface area contributed by atoms with Crippen LogP contribution in [0.15, 0.2) is 53.0 Å². The van der Waals surface area contributed by atoms with Gasteiger partial charge < -0.3 is 10.1 Å². The molecule has 4 nitrogen and oxygen atoms in total. The Kier molecular flexibility index (Phi) is 7.21. The zero-order valence-electron chi connectivity index (χ0n) is 13.3. The molecular weight excluding hydrogens is 388 g/mol. The molecule has 0 atom stereocenters. The van der Waals surface area contributed by atoms with Crippen LogP contribution in [0.4, 0.5) is 0 Å². The van der Waals surface area contributed by atoms with E-state index in [0.29, 0.717) is 24.5 Å². The van der Waals surface area contributed by atoms with Crippen molar-refractivity contribution >= 4 is 39.2 Å². The van der Waals surface area contributed by atoms with Gasteiger partial charge in [-0.15, -0.1) is 0 Å². The van der Waals surface area contributed by atoms with E-state index in [1.54, 1.807) is 12.1 Å². The average molecular weight is 407 g/mol. The lowest BCUT2D eigenvalue weighted by Crippen LogP contribution is -2.39. The molecule has 0 aromatic heterocycles. The van der Waals surface area contributed by atoms with Crippen molar-refractivity contribution in [1.29, 1.82) is 0 Å². The zero-order valence-corrected chi connectivity index (χ0v) is 15.7. The molecule has 0 spiro atoms. The number of hydrogen-bond donors (Lipinski definition) is 2. The Balaban J connectivity index is 1.98. The minimum absolute atomic E-state index is 0.283. The minimum atomic E-state index is -0.298. The summed E-state index contributed by atoms with van der Waals surface area (Å²) in [5.41, 5.74) is 1.53. The van der Waals surface area contributed by atoms with Crippen molar-refractivity contribution in [2.45, 2.75) is 19.9 Å². The van der Waals surface area contributed by atoms with E-state index in [1.807, 2.05) is 43.3 Å². The maximum atomic E-state index is 12.5. The van der Waals surface area contributed by atoms with E-state index in [0.717, 1.165) is 16.5 Å². The van der Waals surface area contributed by atoms with Crippen molar-refractivity contribution in [2.75, 3.05) is 6.61 Å². The number of ether oxygens (including phenoxy) is 1. The standard InChI is InChI=1S/C18H19BrN2O2S/c1-2-10-23-16-9-8-14(19)11-15(16)17(22)21-18(24)20-12-13-6-4-3-5-7-13/h3-9,11H,2,10,12H2,1H3,(H2,20,21,22,24). The number of carbonyl (C=O) groups is 1. The quantitative estimate of drug-likeness (QED) is 0.710. The smallest absolute Gasteiger partial charge is 0.261 e. The van der Waals surface area contributed by atoms with Gasteiger partial charge in [0.25, 0.3) is 5.91 Å². The number of amides is 1. The number of hydrogen-bond acceptors (Lipinski definition) is 3. The van der Waals surface area contributed by atoms with Gasteiger partial charge >= 0.3 is 0 Å². The van der Waals surface area contributed by atoms with Crippen LogP contribution in [0.5, 0.6) is 5.75 Å². The molecule has 0 aliphatic rings. The molecule has 0 aliphatic carbocycles. The lowest BCUT2D eigenvalue weighted by molar-refractivity contribution is 0.0972. The van der Waals surface area contributed by atoms with Gasteiger partial charge in [-0.25, -0.2) is 0 Å². The summed E-state index contributed by atoms with van der Waals surface area (Å²) >= 11 is 8.57. The van der Waals surface area contributed by atoms with E-state index in [-0.39, 0.29) is 11.0 Å². The van der Waals surface area contributed by atoms with Gasteiger partial charge in [0.2, 0.25) is 0 Å². The van der Waals surface area contributed by atoms with E-state index in [1.165, 1.54) is 0 Å². The van der Waals surface area contributed by atoms with Crippen molar-refractivity contribution in [3.8, 4) is 5.75 Å². The molecule has 0 unspecified atom stereocenters. The van der Waals surface area contributed by atoms with Crippen LogP contribution < -0.4 is 15.4 Å². The second kappa shape index (κ2) is 9.39. The first kappa shape index (κ1) is 18.4. The highest BCUT2D eigenvalue weighted by atomic mass is 79.9. The third kappa shape index (κ3) is 5.62. The number of carbonyl (C=O) groups excluding carboxylic acids is 1. The van der Waals surface area contributed by atoms with Gasteiger partial charge in [-0.2, -0.15) is 0 Å². The summed E-state index contributed by atoms with van der Waals surface area (Å²) < 4.78 is 6.43. The van der Waals surface area contributed by atoms with Crippen LogP contribution in [0.1, 0.15) is 29.3 Å². The fourth-order valence-electron chi connectivity index (χ4n) is 2.01. The number of halogens is 1. The molecule has 2 aromatic carbocycles. The lowest BCUT2D eigenvalue weighted by Gasteiger charge is -2.13. The molecule has 0 aliphatic heterocycles.